The van der Waals surface area contributed by atoms with Crippen LogP contribution in [0.2, 0.25) is 0 Å². The summed E-state index contributed by atoms with van der Waals surface area (Å²) in [6, 6.07) is 0. The number of likely N-dealkylation sites (N-methyl/N-ethyl adjacent to an activating group) is 1. The van der Waals surface area contributed by atoms with Gasteiger partial charge in [0.25, 0.3) is 0 Å². The molecule has 1 aliphatic rings. The second-order valence-corrected chi connectivity index (χ2v) is 3.86. The van der Waals surface area contributed by atoms with Gasteiger partial charge in [-0.2, -0.15) is 0 Å². The lowest BCUT2D eigenvalue weighted by Gasteiger charge is -2.38. The van der Waals surface area contributed by atoms with Gasteiger partial charge in [-0.25, -0.2) is 0 Å². The Morgan fingerprint density at radius 3 is 2.43 bits per heavy atom. The first-order valence-electron chi connectivity index (χ1n) is 5.41. The lowest BCUT2D eigenvalue weighted by molar-refractivity contribution is -0.133. The highest BCUT2D eigenvalue weighted by molar-refractivity contribution is 5.78. The summed E-state index contributed by atoms with van der Waals surface area (Å²) >= 11 is 0. The summed E-state index contributed by atoms with van der Waals surface area (Å²) in [6.45, 7) is 8.94. The van der Waals surface area contributed by atoms with Crippen molar-refractivity contribution in [1.82, 2.24) is 9.80 Å². The van der Waals surface area contributed by atoms with E-state index in [-0.39, 0.29) is 5.91 Å². The van der Waals surface area contributed by atoms with E-state index in [2.05, 4.69) is 4.90 Å². The fourth-order valence-corrected chi connectivity index (χ4v) is 1.82. The monoisotopic (exact) mass is 199 g/mol. The molecule has 82 valence electrons. The van der Waals surface area contributed by atoms with E-state index >= 15 is 0 Å². The number of likely N-dealkylation sites (tertiary alicyclic amines) is 1. The van der Waals surface area contributed by atoms with Crippen molar-refractivity contribution in [2.24, 2.45) is 11.7 Å². The van der Waals surface area contributed by atoms with Crippen LogP contribution in [0.4, 0.5) is 0 Å². The fraction of sp³-hybridized carbons (Fsp3) is 0.900. The van der Waals surface area contributed by atoms with Crippen LogP contribution in [0.15, 0.2) is 0 Å². The zero-order valence-electron chi connectivity index (χ0n) is 9.20. The predicted octanol–water partition coefficient (Wildman–Crippen LogP) is -0.255. The largest absolute Gasteiger partial charge is 0.342 e. The van der Waals surface area contributed by atoms with Crippen LogP contribution in [0.25, 0.3) is 0 Å². The molecule has 1 fully saturated rings. The van der Waals surface area contributed by atoms with Crippen molar-refractivity contribution in [3.8, 4) is 0 Å². The summed E-state index contributed by atoms with van der Waals surface area (Å²) in [6.07, 6.45) is 0. The van der Waals surface area contributed by atoms with Crippen molar-refractivity contribution >= 4 is 5.91 Å². The molecule has 0 aromatic carbocycles. The van der Waals surface area contributed by atoms with Crippen LogP contribution in [0, 0.1) is 5.92 Å². The zero-order valence-corrected chi connectivity index (χ0v) is 9.20. The molecule has 0 aliphatic carbocycles. The van der Waals surface area contributed by atoms with Crippen molar-refractivity contribution in [2.45, 2.75) is 13.8 Å². The van der Waals surface area contributed by atoms with Crippen LogP contribution in [-0.4, -0.2) is 55.0 Å². The van der Waals surface area contributed by atoms with Gasteiger partial charge in [-0.05, 0) is 26.3 Å². The molecule has 1 saturated heterocycles. The van der Waals surface area contributed by atoms with E-state index in [0.717, 1.165) is 32.7 Å². The highest BCUT2D eigenvalue weighted by atomic mass is 16.2. The molecule has 0 atom stereocenters. The standard InChI is InChI=1S/C10H21N3O/c1-3-13(4-2)10(14)8-12-6-9(5-11)7-12/h9H,3-8,11H2,1-2H3. The normalized spacial score (nSPS) is 17.9. The quantitative estimate of drug-likeness (QED) is 0.664. The maximum absolute atomic E-state index is 11.7. The van der Waals surface area contributed by atoms with Gasteiger partial charge in [-0.15, -0.1) is 0 Å². The van der Waals surface area contributed by atoms with Gasteiger partial charge in [0.15, 0.2) is 0 Å². The number of hydrogen-bond donors (Lipinski definition) is 1. The van der Waals surface area contributed by atoms with Crippen molar-refractivity contribution < 1.29 is 4.79 Å². The van der Waals surface area contributed by atoms with Crippen LogP contribution in [0.3, 0.4) is 0 Å². The average molecular weight is 199 g/mol. The summed E-state index contributed by atoms with van der Waals surface area (Å²) in [5.41, 5.74) is 5.52. The number of rotatable bonds is 5. The molecule has 4 heteroatoms. The molecule has 0 radical (unpaired) electrons. The Bertz CT molecular complexity index is 186. The maximum atomic E-state index is 11.7. The second kappa shape index (κ2) is 5.32. The first-order valence-corrected chi connectivity index (χ1v) is 5.41. The molecule has 0 saturated carbocycles. The molecule has 0 spiro atoms. The number of carbonyl (C=O) groups is 1. The number of nitrogens with two attached hydrogens (primary N) is 1. The van der Waals surface area contributed by atoms with Crippen LogP contribution in [-0.2, 0) is 4.79 Å². The smallest absolute Gasteiger partial charge is 0.236 e. The zero-order chi connectivity index (χ0) is 10.6. The van der Waals surface area contributed by atoms with Gasteiger partial charge in [-0.3, -0.25) is 9.69 Å². The van der Waals surface area contributed by atoms with Crippen molar-refractivity contribution in [2.75, 3.05) is 39.3 Å². The number of hydrogen-bond acceptors (Lipinski definition) is 3. The van der Waals surface area contributed by atoms with E-state index < -0.39 is 0 Å². The van der Waals surface area contributed by atoms with E-state index in [9.17, 15) is 4.79 Å². The Balaban J connectivity index is 2.21. The number of carbonyl (C=O) groups excluding carboxylic acids is 1. The Morgan fingerprint density at radius 2 is 2.00 bits per heavy atom. The van der Waals surface area contributed by atoms with Crippen LogP contribution in [0.5, 0.6) is 0 Å². The highest BCUT2D eigenvalue weighted by Crippen LogP contribution is 2.13. The Labute approximate surface area is 86.0 Å². The molecule has 14 heavy (non-hydrogen) atoms. The molecule has 2 N–H and O–H groups in total. The summed E-state index contributed by atoms with van der Waals surface area (Å²) in [7, 11) is 0. The fourth-order valence-electron chi connectivity index (χ4n) is 1.82. The third kappa shape index (κ3) is 2.69. The summed E-state index contributed by atoms with van der Waals surface area (Å²) in [5, 5.41) is 0. The Kier molecular flexibility index (Phi) is 4.35. The molecule has 1 rings (SSSR count). The average Bonchev–Trinajstić information content (AvgIpc) is 2.12. The Hall–Kier alpha value is -0.610. The van der Waals surface area contributed by atoms with Gasteiger partial charge in [0.05, 0.1) is 6.54 Å². The first-order chi connectivity index (χ1) is 6.71. The predicted molar refractivity (Wildman–Crippen MR) is 56.9 cm³/mol. The van der Waals surface area contributed by atoms with E-state index in [1.165, 1.54) is 0 Å². The lowest BCUT2D eigenvalue weighted by atomic mass is 10.0. The molecular formula is C10H21N3O. The molecule has 1 amide bonds. The maximum Gasteiger partial charge on any atom is 0.236 e. The SMILES string of the molecule is CCN(CC)C(=O)CN1CC(CN)C1. The molecule has 1 aliphatic heterocycles. The number of amides is 1. The minimum Gasteiger partial charge on any atom is -0.342 e. The molecule has 0 aromatic rings. The van der Waals surface area contributed by atoms with Gasteiger partial charge in [0.2, 0.25) is 5.91 Å². The molecule has 4 nitrogen and oxygen atoms in total. The van der Waals surface area contributed by atoms with Gasteiger partial charge in [-0.1, -0.05) is 0 Å². The third-order valence-electron chi connectivity index (χ3n) is 2.84. The van der Waals surface area contributed by atoms with E-state index in [4.69, 9.17) is 5.73 Å². The van der Waals surface area contributed by atoms with E-state index in [0.29, 0.717) is 12.5 Å². The molecular weight excluding hydrogens is 178 g/mol. The molecule has 0 bridgehead atoms. The van der Waals surface area contributed by atoms with Crippen LogP contribution >= 0.6 is 0 Å². The van der Waals surface area contributed by atoms with Gasteiger partial charge < -0.3 is 10.6 Å². The van der Waals surface area contributed by atoms with Gasteiger partial charge >= 0.3 is 0 Å². The molecule has 1 heterocycles. The van der Waals surface area contributed by atoms with Crippen LogP contribution in [0.1, 0.15) is 13.8 Å². The Morgan fingerprint density at radius 1 is 1.43 bits per heavy atom. The molecule has 0 aromatic heterocycles. The topological polar surface area (TPSA) is 49.6 Å². The second-order valence-electron chi connectivity index (χ2n) is 3.86. The van der Waals surface area contributed by atoms with Crippen molar-refractivity contribution in [3.05, 3.63) is 0 Å². The number of nitrogens with zero attached hydrogens (tertiary/aromatic N) is 2. The van der Waals surface area contributed by atoms with Crippen molar-refractivity contribution in [1.29, 1.82) is 0 Å². The summed E-state index contributed by atoms with van der Waals surface area (Å²) < 4.78 is 0. The van der Waals surface area contributed by atoms with Gasteiger partial charge in [0, 0.05) is 26.2 Å². The van der Waals surface area contributed by atoms with Gasteiger partial charge in [0.1, 0.15) is 0 Å². The van der Waals surface area contributed by atoms with E-state index in [1.54, 1.807) is 0 Å². The first kappa shape index (κ1) is 11.5. The minimum atomic E-state index is 0.241. The highest BCUT2D eigenvalue weighted by Gasteiger charge is 2.27. The van der Waals surface area contributed by atoms with Crippen molar-refractivity contribution in [3.63, 3.8) is 0 Å². The summed E-state index contributed by atoms with van der Waals surface area (Å²) in [4.78, 5) is 15.7. The minimum absolute atomic E-state index is 0.241. The molecule has 0 unspecified atom stereocenters. The lowest BCUT2D eigenvalue weighted by Crippen LogP contribution is -2.53. The van der Waals surface area contributed by atoms with Crippen LogP contribution < -0.4 is 5.73 Å². The third-order valence-corrected chi connectivity index (χ3v) is 2.84. The summed E-state index contributed by atoms with van der Waals surface area (Å²) in [5.74, 6) is 0.852. The van der Waals surface area contributed by atoms with E-state index in [1.807, 2.05) is 18.7 Å².